The molecule has 0 saturated heterocycles. The first-order valence-electron chi connectivity index (χ1n) is 7.03. The van der Waals surface area contributed by atoms with Crippen molar-refractivity contribution in [2.45, 2.75) is 0 Å². The van der Waals surface area contributed by atoms with Crippen molar-refractivity contribution in [3.8, 4) is 11.4 Å². The van der Waals surface area contributed by atoms with Gasteiger partial charge in [-0.05, 0) is 48.0 Å². The summed E-state index contributed by atoms with van der Waals surface area (Å²) in [5.41, 5.74) is 1.29. The highest BCUT2D eigenvalue weighted by Crippen LogP contribution is 2.19. The molecule has 0 saturated carbocycles. The summed E-state index contributed by atoms with van der Waals surface area (Å²) in [6, 6.07) is 13.0. The molecule has 0 aliphatic rings. The van der Waals surface area contributed by atoms with Gasteiger partial charge in [-0.25, -0.2) is 4.39 Å². The van der Waals surface area contributed by atoms with Crippen LogP contribution in [0.25, 0.3) is 22.4 Å². The van der Waals surface area contributed by atoms with Crippen molar-refractivity contribution in [1.29, 1.82) is 0 Å². The molecule has 0 amide bonds. The van der Waals surface area contributed by atoms with E-state index in [0.29, 0.717) is 20.3 Å². The molecule has 0 aliphatic carbocycles. The maximum Gasteiger partial charge on any atom is 0.291 e. The first-order chi connectivity index (χ1) is 11.6. The van der Waals surface area contributed by atoms with E-state index < -0.39 is 0 Å². The minimum atomic E-state index is -0.315. The summed E-state index contributed by atoms with van der Waals surface area (Å²) < 4.78 is 14.7. The van der Waals surface area contributed by atoms with Gasteiger partial charge >= 0.3 is 0 Å². The number of benzene rings is 2. The lowest BCUT2D eigenvalue weighted by Gasteiger charge is -1.94. The van der Waals surface area contributed by atoms with E-state index in [4.69, 9.17) is 11.6 Å². The van der Waals surface area contributed by atoms with E-state index in [0.717, 1.165) is 11.1 Å². The van der Waals surface area contributed by atoms with Gasteiger partial charge in [0.1, 0.15) is 5.82 Å². The minimum Gasteiger partial charge on any atom is -0.266 e. The van der Waals surface area contributed by atoms with E-state index in [2.05, 4.69) is 10.1 Å². The van der Waals surface area contributed by atoms with E-state index in [9.17, 15) is 9.18 Å². The lowest BCUT2D eigenvalue weighted by Crippen LogP contribution is -2.23. The second-order valence-corrected chi connectivity index (χ2v) is 6.55. The van der Waals surface area contributed by atoms with Crippen LogP contribution in [0, 0.1) is 5.82 Å². The maximum absolute atomic E-state index is 12.9. The Morgan fingerprint density at radius 2 is 1.79 bits per heavy atom. The highest BCUT2D eigenvalue weighted by Gasteiger charge is 2.11. The molecule has 2 aromatic carbocycles. The standard InChI is InChI=1S/C17H9ClFN3OS/c18-12-5-3-11(4-6-12)15-20-17-22(21-15)16(23)14(24-17)9-10-1-7-13(19)8-2-10/h1-9H/b14-9+. The molecule has 0 unspecified atom stereocenters. The van der Waals surface area contributed by atoms with Crippen LogP contribution in [-0.4, -0.2) is 14.6 Å². The first-order valence-corrected chi connectivity index (χ1v) is 8.22. The fourth-order valence-electron chi connectivity index (χ4n) is 2.27. The van der Waals surface area contributed by atoms with Gasteiger partial charge in [-0.3, -0.25) is 4.79 Å². The van der Waals surface area contributed by atoms with Crippen molar-refractivity contribution in [2.24, 2.45) is 0 Å². The second-order valence-electron chi connectivity index (χ2n) is 5.10. The highest BCUT2D eigenvalue weighted by atomic mass is 35.5. The van der Waals surface area contributed by atoms with Crippen LogP contribution in [0.4, 0.5) is 4.39 Å². The summed E-state index contributed by atoms with van der Waals surface area (Å²) in [6.45, 7) is 0. The zero-order valence-corrected chi connectivity index (χ0v) is 13.7. The molecule has 2 heterocycles. The summed E-state index contributed by atoms with van der Waals surface area (Å²) in [7, 11) is 0. The average molecular weight is 358 g/mol. The minimum absolute atomic E-state index is 0.243. The second kappa shape index (κ2) is 5.81. The quantitative estimate of drug-likeness (QED) is 0.553. The van der Waals surface area contributed by atoms with Crippen molar-refractivity contribution in [2.75, 3.05) is 0 Å². The predicted molar refractivity (Wildman–Crippen MR) is 92.8 cm³/mol. The molecule has 118 valence electrons. The zero-order chi connectivity index (χ0) is 16.7. The van der Waals surface area contributed by atoms with Gasteiger partial charge in [-0.1, -0.05) is 35.1 Å². The van der Waals surface area contributed by atoms with E-state index in [1.54, 1.807) is 42.5 Å². The number of nitrogens with zero attached hydrogens (tertiary/aromatic N) is 3. The summed E-state index contributed by atoms with van der Waals surface area (Å²) >= 11 is 7.11. The Hall–Kier alpha value is -2.57. The van der Waals surface area contributed by atoms with Crippen molar-refractivity contribution < 1.29 is 4.39 Å². The van der Waals surface area contributed by atoms with Crippen molar-refractivity contribution in [3.63, 3.8) is 0 Å². The van der Waals surface area contributed by atoms with Crippen LogP contribution in [0.15, 0.2) is 53.3 Å². The van der Waals surface area contributed by atoms with E-state index in [1.807, 2.05) is 0 Å². The molecule has 0 N–H and O–H groups in total. The van der Waals surface area contributed by atoms with Gasteiger partial charge in [-0.2, -0.15) is 9.50 Å². The van der Waals surface area contributed by atoms with Gasteiger partial charge in [0.2, 0.25) is 4.96 Å². The molecule has 0 spiro atoms. The van der Waals surface area contributed by atoms with E-state index >= 15 is 0 Å². The third-order valence-corrected chi connectivity index (χ3v) is 4.66. The fraction of sp³-hybridized carbons (Fsp3) is 0. The summed E-state index contributed by atoms with van der Waals surface area (Å²) in [6.07, 6.45) is 1.70. The number of rotatable bonds is 2. The average Bonchev–Trinajstić information content (AvgIpc) is 3.11. The van der Waals surface area contributed by atoms with Crippen LogP contribution >= 0.6 is 22.9 Å². The van der Waals surface area contributed by atoms with Crippen LogP contribution in [0.5, 0.6) is 0 Å². The SMILES string of the molecule is O=c1/c(=C\c2ccc(F)cc2)sc2nc(-c3ccc(Cl)cc3)nn12. The molecule has 2 aromatic heterocycles. The van der Waals surface area contributed by atoms with E-state index in [1.165, 1.54) is 28.0 Å². The van der Waals surface area contributed by atoms with Gasteiger partial charge in [0.25, 0.3) is 5.56 Å². The number of halogens is 2. The molecule has 4 rings (SSSR count). The van der Waals surface area contributed by atoms with Gasteiger partial charge in [0.15, 0.2) is 5.82 Å². The number of aromatic nitrogens is 3. The Morgan fingerprint density at radius 1 is 1.08 bits per heavy atom. The van der Waals surface area contributed by atoms with Gasteiger partial charge in [-0.15, -0.1) is 5.10 Å². The molecular weight excluding hydrogens is 349 g/mol. The van der Waals surface area contributed by atoms with Crippen LogP contribution in [-0.2, 0) is 0 Å². The molecule has 7 heteroatoms. The monoisotopic (exact) mass is 357 g/mol. The van der Waals surface area contributed by atoms with Crippen LogP contribution in [0.3, 0.4) is 0 Å². The molecule has 4 nitrogen and oxygen atoms in total. The Bertz CT molecular complexity index is 1130. The third-order valence-electron chi connectivity index (χ3n) is 3.45. The van der Waals surface area contributed by atoms with Crippen molar-refractivity contribution >= 4 is 34.0 Å². The van der Waals surface area contributed by atoms with Crippen molar-refractivity contribution in [3.05, 3.63) is 79.8 Å². The normalized spacial score (nSPS) is 12.2. The molecule has 0 aliphatic heterocycles. The molecule has 0 atom stereocenters. The molecule has 4 aromatic rings. The van der Waals surface area contributed by atoms with Crippen LogP contribution in [0.1, 0.15) is 5.56 Å². The molecule has 0 radical (unpaired) electrons. The Kier molecular flexibility index (Phi) is 3.63. The molecule has 24 heavy (non-hydrogen) atoms. The summed E-state index contributed by atoms with van der Waals surface area (Å²) in [5.74, 6) is 0.160. The van der Waals surface area contributed by atoms with Gasteiger partial charge < -0.3 is 0 Å². The maximum atomic E-state index is 12.9. The number of fused-ring (bicyclic) bond motifs is 1. The summed E-state index contributed by atoms with van der Waals surface area (Å²) in [4.78, 5) is 17.4. The van der Waals surface area contributed by atoms with Crippen LogP contribution in [0.2, 0.25) is 5.02 Å². The molecule has 0 bridgehead atoms. The number of thiazole rings is 1. The molecule has 0 fully saturated rings. The Morgan fingerprint density at radius 3 is 2.46 bits per heavy atom. The van der Waals surface area contributed by atoms with E-state index in [-0.39, 0.29) is 11.4 Å². The predicted octanol–water partition coefficient (Wildman–Crippen LogP) is 3.16. The third kappa shape index (κ3) is 2.70. The lowest BCUT2D eigenvalue weighted by molar-refractivity contribution is 0.628. The van der Waals surface area contributed by atoms with Gasteiger partial charge in [0, 0.05) is 10.6 Å². The Labute approximate surface area is 144 Å². The fourth-order valence-corrected chi connectivity index (χ4v) is 3.30. The van der Waals surface area contributed by atoms with Gasteiger partial charge in [0.05, 0.1) is 4.53 Å². The lowest BCUT2D eigenvalue weighted by atomic mass is 10.2. The smallest absolute Gasteiger partial charge is 0.266 e. The molecular formula is C17H9ClFN3OS. The number of hydrogen-bond donors (Lipinski definition) is 0. The topological polar surface area (TPSA) is 47.3 Å². The Balaban J connectivity index is 1.79. The first kappa shape index (κ1) is 15.0. The number of hydrogen-bond acceptors (Lipinski definition) is 4. The van der Waals surface area contributed by atoms with Crippen LogP contribution < -0.4 is 10.1 Å². The zero-order valence-electron chi connectivity index (χ0n) is 12.1. The highest BCUT2D eigenvalue weighted by molar-refractivity contribution is 7.15. The summed E-state index contributed by atoms with van der Waals surface area (Å²) in [5, 5.41) is 4.89. The van der Waals surface area contributed by atoms with Crippen molar-refractivity contribution in [1.82, 2.24) is 14.6 Å². The largest absolute Gasteiger partial charge is 0.291 e.